The molecular formula is C10H16ClN. The number of hydrogen-bond donors (Lipinski definition) is 0. The first kappa shape index (κ1) is 8.58. The standard InChI is InChI=1S/C10H16ClN/c1-2-10-4-3-5-12(10)8-9(6-10)7-11/h7H,2-6,8H2,1H3/b9-7+/t10-/m1/s1. The molecule has 0 aromatic rings. The Kier molecular flexibility index (Phi) is 2.18. The summed E-state index contributed by atoms with van der Waals surface area (Å²) in [6.07, 6.45) is 5.25. The zero-order valence-corrected chi connectivity index (χ0v) is 8.40. The van der Waals surface area contributed by atoms with Crippen LogP contribution in [0.15, 0.2) is 11.1 Å². The lowest BCUT2D eigenvalue weighted by Gasteiger charge is -2.29. The quantitative estimate of drug-likeness (QED) is 0.608. The Morgan fingerprint density at radius 1 is 1.67 bits per heavy atom. The normalized spacial score (nSPS) is 39.3. The van der Waals surface area contributed by atoms with E-state index in [4.69, 9.17) is 11.6 Å². The highest BCUT2D eigenvalue weighted by Crippen LogP contribution is 2.43. The van der Waals surface area contributed by atoms with E-state index in [1.807, 2.05) is 0 Å². The lowest BCUT2D eigenvalue weighted by atomic mass is 9.90. The summed E-state index contributed by atoms with van der Waals surface area (Å²) < 4.78 is 0. The Morgan fingerprint density at radius 3 is 3.08 bits per heavy atom. The molecule has 1 atom stereocenters. The monoisotopic (exact) mass is 185 g/mol. The molecule has 0 N–H and O–H groups in total. The third-order valence-electron chi connectivity index (χ3n) is 3.50. The number of fused-ring (bicyclic) bond motifs is 1. The maximum atomic E-state index is 5.75. The van der Waals surface area contributed by atoms with Gasteiger partial charge in [0.1, 0.15) is 0 Å². The van der Waals surface area contributed by atoms with Gasteiger partial charge in [0.2, 0.25) is 0 Å². The molecule has 2 saturated heterocycles. The van der Waals surface area contributed by atoms with E-state index in [1.165, 1.54) is 37.8 Å². The molecule has 1 nitrogen and oxygen atoms in total. The van der Waals surface area contributed by atoms with Gasteiger partial charge < -0.3 is 0 Å². The van der Waals surface area contributed by atoms with Crippen LogP contribution in [0.25, 0.3) is 0 Å². The second-order valence-electron chi connectivity index (χ2n) is 4.05. The van der Waals surface area contributed by atoms with Crippen molar-refractivity contribution in [3.63, 3.8) is 0 Å². The number of rotatable bonds is 1. The third kappa shape index (κ3) is 1.11. The van der Waals surface area contributed by atoms with E-state index in [0.29, 0.717) is 5.54 Å². The zero-order valence-electron chi connectivity index (χ0n) is 7.65. The largest absolute Gasteiger partial charge is 0.293 e. The molecule has 2 fully saturated rings. The van der Waals surface area contributed by atoms with Gasteiger partial charge in [-0.1, -0.05) is 18.5 Å². The minimum Gasteiger partial charge on any atom is -0.293 e. The molecule has 2 rings (SSSR count). The Morgan fingerprint density at radius 2 is 2.50 bits per heavy atom. The van der Waals surface area contributed by atoms with Crippen LogP contribution in [0, 0.1) is 0 Å². The molecule has 0 radical (unpaired) electrons. The van der Waals surface area contributed by atoms with Crippen molar-refractivity contribution in [2.75, 3.05) is 13.1 Å². The summed E-state index contributed by atoms with van der Waals surface area (Å²) in [5, 5.41) is 0. The van der Waals surface area contributed by atoms with E-state index < -0.39 is 0 Å². The summed E-state index contributed by atoms with van der Waals surface area (Å²) >= 11 is 5.75. The molecule has 2 heteroatoms. The van der Waals surface area contributed by atoms with E-state index >= 15 is 0 Å². The first-order valence-electron chi connectivity index (χ1n) is 4.84. The summed E-state index contributed by atoms with van der Waals surface area (Å²) in [5.74, 6) is 0. The molecule has 2 heterocycles. The van der Waals surface area contributed by atoms with Gasteiger partial charge in [0.15, 0.2) is 0 Å². The van der Waals surface area contributed by atoms with E-state index in [0.717, 1.165) is 6.54 Å². The van der Waals surface area contributed by atoms with Crippen LogP contribution in [0.5, 0.6) is 0 Å². The highest BCUT2D eigenvalue weighted by molar-refractivity contribution is 6.25. The molecule has 68 valence electrons. The summed E-state index contributed by atoms with van der Waals surface area (Å²) in [6, 6.07) is 0. The fourth-order valence-corrected chi connectivity index (χ4v) is 2.91. The lowest BCUT2D eigenvalue weighted by Crippen LogP contribution is -2.37. The lowest BCUT2D eigenvalue weighted by molar-refractivity contribution is 0.189. The van der Waals surface area contributed by atoms with Crippen molar-refractivity contribution in [1.29, 1.82) is 0 Å². The molecule has 0 saturated carbocycles. The van der Waals surface area contributed by atoms with E-state index in [1.54, 1.807) is 5.54 Å². The predicted octanol–water partition coefficient (Wildman–Crippen LogP) is 2.76. The van der Waals surface area contributed by atoms with Crippen molar-refractivity contribution in [3.8, 4) is 0 Å². The minimum atomic E-state index is 0.501. The van der Waals surface area contributed by atoms with Crippen LogP contribution in [0.3, 0.4) is 0 Å². The van der Waals surface area contributed by atoms with Crippen molar-refractivity contribution in [1.82, 2.24) is 4.90 Å². The van der Waals surface area contributed by atoms with E-state index in [2.05, 4.69) is 11.8 Å². The molecule has 0 aliphatic carbocycles. The number of halogens is 1. The molecular weight excluding hydrogens is 170 g/mol. The topological polar surface area (TPSA) is 3.24 Å². The summed E-state index contributed by atoms with van der Waals surface area (Å²) in [5.41, 5.74) is 3.72. The number of hydrogen-bond acceptors (Lipinski definition) is 1. The molecule has 0 aromatic heterocycles. The van der Waals surface area contributed by atoms with Gasteiger partial charge in [0.05, 0.1) is 0 Å². The van der Waals surface area contributed by atoms with Crippen molar-refractivity contribution >= 4 is 11.6 Å². The van der Waals surface area contributed by atoms with Crippen LogP contribution in [0.4, 0.5) is 0 Å². The third-order valence-corrected chi connectivity index (χ3v) is 3.81. The summed E-state index contributed by atoms with van der Waals surface area (Å²) in [4.78, 5) is 2.61. The smallest absolute Gasteiger partial charge is 0.0248 e. The molecule has 0 bridgehead atoms. The van der Waals surface area contributed by atoms with Crippen LogP contribution < -0.4 is 0 Å². The van der Waals surface area contributed by atoms with Gasteiger partial charge in [-0.05, 0) is 37.8 Å². The average molecular weight is 186 g/mol. The van der Waals surface area contributed by atoms with Gasteiger partial charge in [0, 0.05) is 17.6 Å². The van der Waals surface area contributed by atoms with Crippen LogP contribution in [0.2, 0.25) is 0 Å². The summed E-state index contributed by atoms with van der Waals surface area (Å²) in [7, 11) is 0. The van der Waals surface area contributed by atoms with E-state index in [9.17, 15) is 0 Å². The van der Waals surface area contributed by atoms with Crippen LogP contribution in [-0.2, 0) is 0 Å². The van der Waals surface area contributed by atoms with Crippen molar-refractivity contribution in [3.05, 3.63) is 11.1 Å². The molecule has 2 aliphatic rings. The van der Waals surface area contributed by atoms with Gasteiger partial charge in [-0.2, -0.15) is 0 Å². The van der Waals surface area contributed by atoms with Gasteiger partial charge in [-0.25, -0.2) is 0 Å². The minimum absolute atomic E-state index is 0.501. The molecule has 0 spiro atoms. The Balaban J connectivity index is 2.20. The van der Waals surface area contributed by atoms with Gasteiger partial charge >= 0.3 is 0 Å². The Labute approximate surface area is 79.4 Å². The average Bonchev–Trinajstić information content (AvgIpc) is 2.58. The van der Waals surface area contributed by atoms with Crippen LogP contribution >= 0.6 is 11.6 Å². The second-order valence-corrected chi connectivity index (χ2v) is 4.27. The first-order valence-corrected chi connectivity index (χ1v) is 5.27. The Hall–Kier alpha value is -0.0100. The predicted molar refractivity (Wildman–Crippen MR) is 52.4 cm³/mol. The maximum Gasteiger partial charge on any atom is 0.0248 e. The van der Waals surface area contributed by atoms with E-state index in [-0.39, 0.29) is 0 Å². The first-order chi connectivity index (χ1) is 5.80. The molecule has 0 unspecified atom stereocenters. The second kappa shape index (κ2) is 3.04. The van der Waals surface area contributed by atoms with Gasteiger partial charge in [0.25, 0.3) is 0 Å². The van der Waals surface area contributed by atoms with Crippen molar-refractivity contribution in [2.24, 2.45) is 0 Å². The van der Waals surface area contributed by atoms with Crippen LogP contribution in [0.1, 0.15) is 32.6 Å². The Bertz CT molecular complexity index is 212. The molecule has 0 amide bonds. The molecule has 0 aromatic carbocycles. The highest BCUT2D eigenvalue weighted by Gasteiger charge is 2.44. The maximum absolute atomic E-state index is 5.75. The fraction of sp³-hybridized carbons (Fsp3) is 0.800. The SMILES string of the molecule is CC[C@]12CCCN1C/C(=C/Cl)C2. The van der Waals surface area contributed by atoms with Crippen LogP contribution in [-0.4, -0.2) is 23.5 Å². The van der Waals surface area contributed by atoms with Crippen molar-refractivity contribution < 1.29 is 0 Å². The van der Waals surface area contributed by atoms with Crippen molar-refractivity contribution in [2.45, 2.75) is 38.1 Å². The number of nitrogens with zero attached hydrogens (tertiary/aromatic N) is 1. The zero-order chi connectivity index (χ0) is 8.60. The van der Waals surface area contributed by atoms with Gasteiger partial charge in [-0.3, -0.25) is 4.90 Å². The highest BCUT2D eigenvalue weighted by atomic mass is 35.5. The molecule has 12 heavy (non-hydrogen) atoms. The molecule has 2 aliphatic heterocycles. The summed E-state index contributed by atoms with van der Waals surface area (Å²) in [6.45, 7) is 4.70. The van der Waals surface area contributed by atoms with Gasteiger partial charge in [-0.15, -0.1) is 0 Å². The fourth-order valence-electron chi connectivity index (χ4n) is 2.76.